The van der Waals surface area contributed by atoms with Gasteiger partial charge in [-0.05, 0) is 37.7 Å². The normalized spacial score (nSPS) is 12.8. The molecule has 0 saturated heterocycles. The lowest BCUT2D eigenvalue weighted by molar-refractivity contribution is 0.0950. The fourth-order valence-electron chi connectivity index (χ4n) is 1.92. The molecule has 0 aliphatic heterocycles. The molecule has 0 unspecified atom stereocenters. The molecule has 130 valence electrons. The van der Waals surface area contributed by atoms with Gasteiger partial charge in [-0.2, -0.15) is 0 Å². The van der Waals surface area contributed by atoms with Crippen LogP contribution in [0.5, 0.6) is 0 Å². The van der Waals surface area contributed by atoms with Crippen LogP contribution in [0.3, 0.4) is 0 Å². The van der Waals surface area contributed by atoms with Gasteiger partial charge >= 0.3 is 0 Å². The number of amides is 1. The summed E-state index contributed by atoms with van der Waals surface area (Å²) in [6.07, 6.45) is 0. The van der Waals surface area contributed by atoms with Gasteiger partial charge in [0.2, 0.25) is 10.0 Å². The minimum atomic E-state index is -3.58. The number of benzene rings is 1. The molecule has 0 aliphatic carbocycles. The van der Waals surface area contributed by atoms with Crippen molar-refractivity contribution in [3.05, 3.63) is 29.8 Å². The van der Waals surface area contributed by atoms with Crippen LogP contribution in [0.25, 0.3) is 0 Å². The summed E-state index contributed by atoms with van der Waals surface area (Å²) in [7, 11) is -2.08. The van der Waals surface area contributed by atoms with Gasteiger partial charge in [-0.1, -0.05) is 6.92 Å². The van der Waals surface area contributed by atoms with Gasteiger partial charge in [0.25, 0.3) is 5.91 Å². The molecule has 0 spiro atoms. The maximum absolute atomic E-state index is 12.0. The van der Waals surface area contributed by atoms with E-state index in [1.165, 1.54) is 31.4 Å². The van der Waals surface area contributed by atoms with Crippen molar-refractivity contribution in [2.75, 3.05) is 33.4 Å². The van der Waals surface area contributed by atoms with E-state index in [-0.39, 0.29) is 23.4 Å². The average molecular weight is 343 g/mol. The highest BCUT2D eigenvalue weighted by Crippen LogP contribution is 2.10. The van der Waals surface area contributed by atoms with Gasteiger partial charge in [-0.25, -0.2) is 13.1 Å². The zero-order valence-electron chi connectivity index (χ0n) is 13.8. The van der Waals surface area contributed by atoms with Crippen LogP contribution in [0, 0.1) is 0 Å². The third kappa shape index (κ3) is 6.66. The number of sulfonamides is 1. The lowest BCUT2D eigenvalue weighted by atomic mass is 10.2. The van der Waals surface area contributed by atoms with E-state index >= 15 is 0 Å². The van der Waals surface area contributed by atoms with Gasteiger partial charge in [-0.3, -0.25) is 4.79 Å². The van der Waals surface area contributed by atoms with Crippen molar-refractivity contribution in [1.29, 1.82) is 0 Å². The van der Waals surface area contributed by atoms with Crippen molar-refractivity contribution in [3.8, 4) is 0 Å². The number of likely N-dealkylation sites (N-methyl/N-ethyl adjacent to an activating group) is 1. The lowest BCUT2D eigenvalue weighted by Crippen LogP contribution is -2.38. The van der Waals surface area contributed by atoms with Gasteiger partial charge in [-0.15, -0.1) is 0 Å². The first kappa shape index (κ1) is 19.6. The molecule has 7 nitrogen and oxygen atoms in total. The summed E-state index contributed by atoms with van der Waals surface area (Å²) < 4.78 is 31.2. The quantitative estimate of drug-likeness (QED) is 0.532. The summed E-state index contributed by atoms with van der Waals surface area (Å²) in [5, 5.41) is 5.99. The number of carbonyl (C=O) groups excluding carboxylic acids is 1. The molecular weight excluding hydrogens is 318 g/mol. The van der Waals surface area contributed by atoms with Crippen molar-refractivity contribution < 1.29 is 17.9 Å². The van der Waals surface area contributed by atoms with E-state index in [9.17, 15) is 13.2 Å². The zero-order chi connectivity index (χ0) is 17.3. The van der Waals surface area contributed by atoms with Crippen LogP contribution in [0.15, 0.2) is 29.2 Å². The first-order chi connectivity index (χ1) is 10.9. The molecule has 0 aliphatic rings. The van der Waals surface area contributed by atoms with Crippen LogP contribution in [0.1, 0.15) is 24.2 Å². The van der Waals surface area contributed by atoms with Crippen molar-refractivity contribution >= 4 is 15.9 Å². The van der Waals surface area contributed by atoms with Crippen molar-refractivity contribution in [2.45, 2.75) is 24.8 Å². The van der Waals surface area contributed by atoms with Crippen molar-refractivity contribution in [3.63, 3.8) is 0 Å². The minimum absolute atomic E-state index is 0.117. The van der Waals surface area contributed by atoms with E-state index in [4.69, 9.17) is 4.74 Å². The smallest absolute Gasteiger partial charge is 0.251 e. The Morgan fingerprint density at radius 3 is 2.48 bits per heavy atom. The lowest BCUT2D eigenvalue weighted by Gasteiger charge is -2.13. The number of methoxy groups -OCH3 is 1. The van der Waals surface area contributed by atoms with E-state index in [1.807, 2.05) is 13.8 Å². The second kappa shape index (κ2) is 9.61. The average Bonchev–Trinajstić information content (AvgIpc) is 2.53. The molecule has 0 bridgehead atoms. The predicted octanol–water partition coefficient (Wildman–Crippen LogP) is 0.339. The molecule has 8 heteroatoms. The van der Waals surface area contributed by atoms with Gasteiger partial charge < -0.3 is 15.4 Å². The third-order valence-corrected chi connectivity index (χ3v) is 4.62. The maximum atomic E-state index is 12.0. The molecule has 0 radical (unpaired) electrons. The number of hydrogen-bond acceptors (Lipinski definition) is 5. The molecule has 1 aromatic carbocycles. The highest BCUT2D eigenvalue weighted by molar-refractivity contribution is 7.89. The van der Waals surface area contributed by atoms with Gasteiger partial charge in [0, 0.05) is 31.8 Å². The summed E-state index contributed by atoms with van der Waals surface area (Å²) in [5.74, 6) is -0.231. The van der Waals surface area contributed by atoms with E-state index in [0.717, 1.165) is 6.54 Å². The Morgan fingerprint density at radius 2 is 1.91 bits per heavy atom. The van der Waals surface area contributed by atoms with E-state index in [2.05, 4.69) is 15.4 Å². The first-order valence-corrected chi connectivity index (χ1v) is 8.99. The Morgan fingerprint density at radius 1 is 1.26 bits per heavy atom. The second-order valence-electron chi connectivity index (χ2n) is 5.08. The van der Waals surface area contributed by atoms with Gasteiger partial charge in [0.15, 0.2) is 0 Å². The fraction of sp³-hybridized carbons (Fsp3) is 0.533. The third-order valence-electron chi connectivity index (χ3n) is 3.15. The molecule has 1 amide bonds. The molecule has 1 aromatic rings. The van der Waals surface area contributed by atoms with E-state index in [0.29, 0.717) is 18.7 Å². The highest BCUT2D eigenvalue weighted by Gasteiger charge is 2.14. The van der Waals surface area contributed by atoms with Crippen LogP contribution < -0.4 is 15.4 Å². The molecular formula is C15H25N3O4S. The van der Waals surface area contributed by atoms with Gasteiger partial charge in [0.05, 0.1) is 11.5 Å². The van der Waals surface area contributed by atoms with Crippen LogP contribution in [-0.2, 0) is 14.8 Å². The molecule has 0 fully saturated rings. The zero-order valence-corrected chi connectivity index (χ0v) is 14.6. The Hall–Kier alpha value is -1.48. The standard InChI is InChI=1S/C15H25N3O4S/c1-4-16-12(2)11-17-15(19)13-5-7-14(8-6-13)23(20,21)18-9-10-22-3/h5-8,12,16,18H,4,9-11H2,1-3H3,(H,17,19)/t12-/m1/s1. The Balaban J connectivity index is 2.63. The topological polar surface area (TPSA) is 96.5 Å². The Kier molecular flexibility index (Phi) is 8.18. The van der Waals surface area contributed by atoms with Crippen LogP contribution in [-0.4, -0.2) is 53.7 Å². The maximum Gasteiger partial charge on any atom is 0.251 e. The number of rotatable bonds is 10. The molecule has 23 heavy (non-hydrogen) atoms. The summed E-state index contributed by atoms with van der Waals surface area (Å²) in [6.45, 7) is 5.81. The molecule has 1 rings (SSSR count). The highest BCUT2D eigenvalue weighted by atomic mass is 32.2. The Labute approximate surface area is 137 Å². The predicted molar refractivity (Wildman–Crippen MR) is 89.0 cm³/mol. The Bertz CT molecular complexity index is 587. The summed E-state index contributed by atoms with van der Waals surface area (Å²) >= 11 is 0. The minimum Gasteiger partial charge on any atom is -0.383 e. The SMILES string of the molecule is CCN[C@H](C)CNC(=O)c1ccc(S(=O)(=O)NCCOC)cc1. The molecule has 0 aromatic heterocycles. The van der Waals surface area contributed by atoms with Crippen molar-refractivity contribution in [2.24, 2.45) is 0 Å². The monoisotopic (exact) mass is 343 g/mol. The fourth-order valence-corrected chi connectivity index (χ4v) is 2.93. The molecule has 0 saturated carbocycles. The van der Waals surface area contributed by atoms with E-state index in [1.54, 1.807) is 0 Å². The number of ether oxygens (including phenoxy) is 1. The van der Waals surface area contributed by atoms with Crippen LogP contribution in [0.2, 0.25) is 0 Å². The van der Waals surface area contributed by atoms with Crippen LogP contribution in [0.4, 0.5) is 0 Å². The molecule has 0 heterocycles. The largest absolute Gasteiger partial charge is 0.383 e. The number of hydrogen-bond donors (Lipinski definition) is 3. The molecule has 1 atom stereocenters. The second-order valence-corrected chi connectivity index (χ2v) is 6.85. The summed E-state index contributed by atoms with van der Waals surface area (Å²) in [6, 6.07) is 6.00. The van der Waals surface area contributed by atoms with Gasteiger partial charge in [0.1, 0.15) is 0 Å². The summed E-state index contributed by atoms with van der Waals surface area (Å²) in [4.78, 5) is 12.1. The number of carbonyl (C=O) groups is 1. The molecule has 3 N–H and O–H groups in total. The number of nitrogens with one attached hydrogen (secondary N) is 3. The van der Waals surface area contributed by atoms with Crippen LogP contribution >= 0.6 is 0 Å². The van der Waals surface area contributed by atoms with E-state index < -0.39 is 10.0 Å². The van der Waals surface area contributed by atoms with Crippen molar-refractivity contribution in [1.82, 2.24) is 15.4 Å². The first-order valence-electron chi connectivity index (χ1n) is 7.51. The summed E-state index contributed by atoms with van der Waals surface area (Å²) in [5.41, 5.74) is 0.421.